The molecule has 2 aromatic rings. The van der Waals surface area contributed by atoms with Gasteiger partial charge in [-0.25, -0.2) is 4.98 Å². The molecular formula is C19H20BN4O9-3. The van der Waals surface area contributed by atoms with E-state index in [0.717, 1.165) is 0 Å². The third-order valence-electron chi connectivity index (χ3n) is 5.50. The summed E-state index contributed by atoms with van der Waals surface area (Å²) in [4.78, 5) is 40.3. The number of nitrogens with zero attached hydrogens (tertiary/aromatic N) is 3. The standard InChI is InChI=1S/C19H22BN4O9/c21-16(12-7-23(9-22-12)8-14(25)26)18(27)24-5-11(6-24)32-13-2-1-10-3-4-20(30,31)33-17(10)15(13)19(28)29/h1-2,7,9,11,16,30-31H,3-6,8,21H2,(H,25,26)(H,28,29)/q-1/p-2. The van der Waals surface area contributed by atoms with E-state index in [0.29, 0.717) is 5.56 Å². The molecule has 1 unspecified atom stereocenters. The molecule has 2 aliphatic rings. The van der Waals surface area contributed by atoms with Crippen LogP contribution in [0, 0.1) is 0 Å². The maximum Gasteiger partial charge on any atom is 0.430 e. The van der Waals surface area contributed by atoms with Crippen molar-refractivity contribution in [3.8, 4) is 11.5 Å². The predicted octanol–water partition coefficient (Wildman–Crippen LogP) is -3.86. The van der Waals surface area contributed by atoms with Crippen molar-refractivity contribution in [2.75, 3.05) is 13.1 Å². The Morgan fingerprint density at radius 3 is 2.70 bits per heavy atom. The average Bonchev–Trinajstić information content (AvgIpc) is 3.15. The lowest BCUT2D eigenvalue weighted by atomic mass is 9.70. The molecule has 0 spiro atoms. The Bertz CT molecular complexity index is 1110. The van der Waals surface area contributed by atoms with Crippen LogP contribution in [0.1, 0.15) is 27.7 Å². The Morgan fingerprint density at radius 1 is 1.30 bits per heavy atom. The van der Waals surface area contributed by atoms with Gasteiger partial charge in [0.15, 0.2) is 0 Å². The predicted molar refractivity (Wildman–Crippen MR) is 105 cm³/mol. The van der Waals surface area contributed by atoms with E-state index in [2.05, 4.69) is 4.98 Å². The van der Waals surface area contributed by atoms with Crippen LogP contribution in [0.15, 0.2) is 24.7 Å². The number of likely N-dealkylation sites (tertiary alicyclic amines) is 1. The third-order valence-corrected chi connectivity index (χ3v) is 5.50. The van der Waals surface area contributed by atoms with E-state index in [9.17, 15) is 34.6 Å². The number of carboxylic acid groups (broad SMARTS) is 2. The normalized spacial score (nSPS) is 18.0. The second-order valence-corrected chi connectivity index (χ2v) is 8.03. The average molecular weight is 459 g/mol. The van der Waals surface area contributed by atoms with Crippen molar-refractivity contribution in [2.24, 2.45) is 5.73 Å². The van der Waals surface area contributed by atoms with Crippen LogP contribution in [0.3, 0.4) is 0 Å². The smallest absolute Gasteiger partial charge is 0.430 e. The van der Waals surface area contributed by atoms with Gasteiger partial charge in [0.25, 0.3) is 0 Å². The van der Waals surface area contributed by atoms with E-state index in [1.807, 2.05) is 0 Å². The number of amides is 1. The topological polar surface area (TPSA) is 203 Å². The van der Waals surface area contributed by atoms with E-state index in [1.165, 1.54) is 28.1 Å². The van der Waals surface area contributed by atoms with Crippen LogP contribution in [0.25, 0.3) is 0 Å². The van der Waals surface area contributed by atoms with E-state index in [-0.39, 0.29) is 43.0 Å². The van der Waals surface area contributed by atoms with Gasteiger partial charge in [0.2, 0.25) is 5.91 Å². The molecule has 1 saturated heterocycles. The molecule has 13 nitrogen and oxygen atoms in total. The highest BCUT2D eigenvalue weighted by molar-refractivity contribution is 6.59. The zero-order valence-corrected chi connectivity index (χ0v) is 17.2. The molecule has 3 heterocycles. The molecule has 0 saturated carbocycles. The number of hydrogen-bond donors (Lipinski definition) is 3. The molecule has 1 amide bonds. The highest BCUT2D eigenvalue weighted by Crippen LogP contribution is 2.38. The summed E-state index contributed by atoms with van der Waals surface area (Å²) >= 11 is 0. The molecule has 176 valence electrons. The van der Waals surface area contributed by atoms with Gasteiger partial charge < -0.3 is 54.4 Å². The fourth-order valence-corrected chi connectivity index (χ4v) is 3.79. The number of aliphatic carboxylic acids is 1. The molecular weight excluding hydrogens is 439 g/mol. The largest absolute Gasteiger partial charge is 0.669 e. The number of imidazole rings is 1. The van der Waals surface area contributed by atoms with E-state index in [1.54, 1.807) is 6.07 Å². The summed E-state index contributed by atoms with van der Waals surface area (Å²) in [6, 6.07) is 1.89. The zero-order chi connectivity index (χ0) is 23.9. The Labute approximate surface area is 187 Å². The number of fused-ring (bicyclic) bond motifs is 1. The van der Waals surface area contributed by atoms with E-state index in [4.69, 9.17) is 15.1 Å². The molecule has 1 fully saturated rings. The minimum atomic E-state index is -3.18. The summed E-state index contributed by atoms with van der Waals surface area (Å²) in [5.41, 5.74) is 6.18. The second-order valence-electron chi connectivity index (χ2n) is 8.03. The maximum atomic E-state index is 12.6. The Kier molecular flexibility index (Phi) is 5.74. The van der Waals surface area contributed by atoms with Crippen LogP contribution >= 0.6 is 0 Å². The van der Waals surface area contributed by atoms with Crippen molar-refractivity contribution in [1.29, 1.82) is 0 Å². The minimum Gasteiger partial charge on any atom is -0.669 e. The number of hydrogen-bond acceptors (Lipinski definition) is 11. The fraction of sp³-hybridized carbons (Fsp3) is 0.368. The molecule has 0 aliphatic carbocycles. The lowest BCUT2D eigenvalue weighted by molar-refractivity contribution is -0.306. The van der Waals surface area contributed by atoms with Gasteiger partial charge in [-0.1, -0.05) is 12.4 Å². The monoisotopic (exact) mass is 459 g/mol. The van der Waals surface area contributed by atoms with Crippen LogP contribution in [0.5, 0.6) is 11.5 Å². The number of ether oxygens (including phenoxy) is 1. The Morgan fingerprint density at radius 2 is 2.03 bits per heavy atom. The highest BCUT2D eigenvalue weighted by Gasteiger charge is 2.37. The number of aromatic nitrogens is 2. The number of rotatable bonds is 7. The van der Waals surface area contributed by atoms with Crippen molar-refractivity contribution in [3.63, 3.8) is 0 Å². The van der Waals surface area contributed by atoms with Crippen LogP contribution < -0.4 is 25.3 Å². The first-order valence-corrected chi connectivity index (χ1v) is 10.1. The van der Waals surface area contributed by atoms with E-state index < -0.39 is 48.9 Å². The number of aromatic carboxylic acids is 1. The third kappa shape index (κ3) is 4.62. The van der Waals surface area contributed by atoms with Gasteiger partial charge in [-0.2, -0.15) is 0 Å². The fourth-order valence-electron chi connectivity index (χ4n) is 3.79. The maximum absolute atomic E-state index is 12.6. The first kappa shape index (κ1) is 22.6. The second kappa shape index (κ2) is 8.39. The molecule has 0 radical (unpaired) electrons. The van der Waals surface area contributed by atoms with Gasteiger partial charge >= 0.3 is 6.75 Å². The summed E-state index contributed by atoms with van der Waals surface area (Å²) in [7, 11) is 0. The lowest BCUT2D eigenvalue weighted by Crippen LogP contribution is -2.58. The van der Waals surface area contributed by atoms with Crippen molar-refractivity contribution >= 4 is 24.6 Å². The summed E-state index contributed by atoms with van der Waals surface area (Å²) < 4.78 is 12.0. The molecule has 4 N–H and O–H groups in total. The lowest BCUT2D eigenvalue weighted by Gasteiger charge is -2.41. The molecule has 14 heteroatoms. The van der Waals surface area contributed by atoms with Crippen LogP contribution in [-0.2, 0) is 22.6 Å². The summed E-state index contributed by atoms with van der Waals surface area (Å²) in [5.74, 6) is -3.66. The van der Waals surface area contributed by atoms with Crippen molar-refractivity contribution < 1.29 is 44.0 Å². The Hall–Kier alpha value is -3.62. The quantitative estimate of drug-likeness (QED) is 0.342. The molecule has 1 aromatic heterocycles. The number of carbonyl (C=O) groups excluding carboxylic acids is 3. The number of aryl methyl sites for hydroxylation is 1. The molecule has 1 atom stereocenters. The van der Waals surface area contributed by atoms with Gasteiger partial charge in [0.1, 0.15) is 17.9 Å². The SMILES string of the molecule is NC(C(=O)N1CC(Oc2ccc3c(c2C(=O)[O-])O[B-](O)(O)CC3)C1)c1cn(CC(=O)[O-])cn1. The number of benzene rings is 1. The molecule has 4 rings (SSSR count). The summed E-state index contributed by atoms with van der Waals surface area (Å²) in [6.45, 7) is -3.37. The number of carbonyl (C=O) groups is 3. The zero-order valence-electron chi connectivity index (χ0n) is 17.2. The first-order valence-electron chi connectivity index (χ1n) is 10.1. The first-order chi connectivity index (χ1) is 15.5. The minimum absolute atomic E-state index is 0.0644. The van der Waals surface area contributed by atoms with Gasteiger partial charge in [0.05, 0.1) is 54.9 Å². The van der Waals surface area contributed by atoms with Crippen molar-refractivity contribution in [3.05, 3.63) is 41.5 Å². The van der Waals surface area contributed by atoms with Crippen molar-refractivity contribution in [1.82, 2.24) is 14.5 Å². The summed E-state index contributed by atoms with van der Waals surface area (Å²) in [6.07, 6.45) is 2.18. The van der Waals surface area contributed by atoms with Crippen LogP contribution in [0.4, 0.5) is 0 Å². The summed E-state index contributed by atoms with van der Waals surface area (Å²) in [5, 5.41) is 42.0. The number of nitrogens with two attached hydrogens (primary N) is 1. The number of carboxylic acids is 2. The Balaban J connectivity index is 1.41. The van der Waals surface area contributed by atoms with E-state index >= 15 is 0 Å². The van der Waals surface area contributed by atoms with Gasteiger partial charge in [-0.3, -0.25) is 4.79 Å². The molecule has 1 aromatic carbocycles. The molecule has 2 aliphatic heterocycles. The van der Waals surface area contributed by atoms with Gasteiger partial charge in [0, 0.05) is 6.20 Å². The van der Waals surface area contributed by atoms with Crippen LogP contribution in [-0.4, -0.2) is 68.3 Å². The van der Waals surface area contributed by atoms with Crippen molar-refractivity contribution in [2.45, 2.75) is 31.4 Å². The van der Waals surface area contributed by atoms with Crippen LogP contribution in [0.2, 0.25) is 6.32 Å². The molecule has 33 heavy (non-hydrogen) atoms. The highest BCUT2D eigenvalue weighted by atomic mass is 16.6. The molecule has 0 bridgehead atoms. The van der Waals surface area contributed by atoms with Gasteiger partial charge in [-0.15, -0.1) is 0 Å². The van der Waals surface area contributed by atoms with Gasteiger partial charge in [-0.05, 0) is 18.1 Å².